The third-order valence-corrected chi connectivity index (χ3v) is 2.48. The highest BCUT2D eigenvalue weighted by Gasteiger charge is 2.25. The number of hydrogen-bond donors (Lipinski definition) is 1. The van der Waals surface area contributed by atoms with Crippen molar-refractivity contribution in [1.29, 1.82) is 0 Å². The number of imide groups is 1. The lowest BCUT2D eigenvalue weighted by atomic mass is 10.2. The molecule has 1 heterocycles. The van der Waals surface area contributed by atoms with E-state index >= 15 is 0 Å². The molecule has 0 atom stereocenters. The maximum atomic E-state index is 11.4. The van der Waals surface area contributed by atoms with Crippen molar-refractivity contribution < 1.29 is 19.2 Å². The summed E-state index contributed by atoms with van der Waals surface area (Å²) in [4.78, 5) is 45.3. The van der Waals surface area contributed by atoms with Crippen molar-refractivity contribution in [1.82, 2.24) is 10.2 Å². The van der Waals surface area contributed by atoms with Gasteiger partial charge >= 0.3 is 0 Å². The molecule has 1 rings (SSSR count). The summed E-state index contributed by atoms with van der Waals surface area (Å²) in [6, 6.07) is 0. The van der Waals surface area contributed by atoms with E-state index in [0.29, 0.717) is 19.4 Å². The summed E-state index contributed by atoms with van der Waals surface area (Å²) in [5.74, 6) is -1.18. The van der Waals surface area contributed by atoms with Crippen LogP contribution in [0.3, 0.4) is 0 Å². The first-order chi connectivity index (χ1) is 10.5. The maximum absolute atomic E-state index is 11.4. The Kier molecular flexibility index (Phi) is 14.2. The number of nitrogens with one attached hydrogen (secondary N) is 1. The summed E-state index contributed by atoms with van der Waals surface area (Å²) in [5, 5.41) is 2.60. The molecule has 6 nitrogen and oxygen atoms in total. The van der Waals surface area contributed by atoms with Gasteiger partial charge in [-0.25, -0.2) is 0 Å². The van der Waals surface area contributed by atoms with Crippen molar-refractivity contribution in [2.24, 2.45) is 0 Å². The third-order valence-electron chi connectivity index (χ3n) is 2.48. The van der Waals surface area contributed by atoms with Gasteiger partial charge in [-0.3, -0.25) is 19.3 Å². The molecule has 3 amide bonds. The van der Waals surface area contributed by atoms with E-state index < -0.39 is 11.8 Å². The van der Waals surface area contributed by atoms with E-state index in [4.69, 9.17) is 0 Å². The molecule has 0 aromatic rings. The minimum Gasteiger partial charge on any atom is -0.355 e. The smallest absolute Gasteiger partial charge is 0.254 e. The minimum absolute atomic E-state index is 0.126. The number of nitrogens with zero attached hydrogens (tertiary/aromatic N) is 1. The average molecular weight is 312 g/mol. The summed E-state index contributed by atoms with van der Waals surface area (Å²) in [7, 11) is 0. The van der Waals surface area contributed by atoms with Crippen molar-refractivity contribution in [3.8, 4) is 0 Å². The van der Waals surface area contributed by atoms with Crippen molar-refractivity contribution in [2.45, 2.75) is 53.9 Å². The molecule has 1 aliphatic rings. The molecule has 0 saturated heterocycles. The SMILES string of the molecule is CC.CC.CC(=O)CCCCNC(=O)CN1C(=O)C=CC1=O. The number of ketones is 1. The molecular weight excluding hydrogens is 284 g/mol. The first-order valence-corrected chi connectivity index (χ1v) is 7.80. The van der Waals surface area contributed by atoms with Crippen LogP contribution in [-0.4, -0.2) is 41.5 Å². The summed E-state index contributed by atoms with van der Waals surface area (Å²) >= 11 is 0. The number of rotatable bonds is 7. The van der Waals surface area contributed by atoms with E-state index in [1.807, 2.05) is 27.7 Å². The second-order valence-corrected chi connectivity index (χ2v) is 4.11. The van der Waals surface area contributed by atoms with E-state index in [0.717, 1.165) is 23.5 Å². The molecule has 0 radical (unpaired) electrons. The van der Waals surface area contributed by atoms with Crippen LogP contribution in [0.15, 0.2) is 12.2 Å². The van der Waals surface area contributed by atoms with Crippen molar-refractivity contribution in [2.75, 3.05) is 13.1 Å². The molecule has 0 spiro atoms. The number of amides is 3. The molecule has 0 fully saturated rings. The lowest BCUT2D eigenvalue weighted by Crippen LogP contribution is -2.40. The topological polar surface area (TPSA) is 83.6 Å². The predicted octanol–water partition coefficient (Wildman–Crippen LogP) is 1.84. The first-order valence-electron chi connectivity index (χ1n) is 7.80. The van der Waals surface area contributed by atoms with Crippen LogP contribution in [0, 0.1) is 0 Å². The van der Waals surface area contributed by atoms with Crippen LogP contribution in [0.2, 0.25) is 0 Å². The Hall–Kier alpha value is -1.98. The second-order valence-electron chi connectivity index (χ2n) is 4.11. The zero-order valence-corrected chi connectivity index (χ0v) is 14.3. The largest absolute Gasteiger partial charge is 0.355 e. The first kappa shape index (κ1) is 22.3. The zero-order valence-electron chi connectivity index (χ0n) is 14.3. The number of carbonyl (C=O) groups excluding carboxylic acids is 4. The monoisotopic (exact) mass is 312 g/mol. The van der Waals surface area contributed by atoms with Crippen molar-refractivity contribution in [3.63, 3.8) is 0 Å². The fraction of sp³-hybridized carbons (Fsp3) is 0.625. The van der Waals surface area contributed by atoms with Crippen LogP contribution in [0.4, 0.5) is 0 Å². The molecule has 1 aliphatic heterocycles. The fourth-order valence-electron chi connectivity index (χ4n) is 1.51. The molecule has 0 saturated carbocycles. The highest BCUT2D eigenvalue weighted by atomic mass is 16.2. The Bertz CT molecular complexity index is 385. The summed E-state index contributed by atoms with van der Waals surface area (Å²) in [6.07, 6.45) is 4.21. The normalized spacial score (nSPS) is 12.1. The third kappa shape index (κ3) is 9.85. The van der Waals surface area contributed by atoms with Gasteiger partial charge in [0.2, 0.25) is 5.91 Å². The second kappa shape index (κ2) is 14.0. The number of hydrogen-bond acceptors (Lipinski definition) is 4. The van der Waals surface area contributed by atoms with E-state index in [9.17, 15) is 19.2 Å². The molecule has 0 aliphatic carbocycles. The van der Waals surface area contributed by atoms with E-state index in [1.54, 1.807) is 0 Å². The highest BCUT2D eigenvalue weighted by molar-refractivity contribution is 6.14. The predicted molar refractivity (Wildman–Crippen MR) is 86.1 cm³/mol. The Labute approximate surface area is 132 Å². The summed E-state index contributed by atoms with van der Waals surface area (Å²) in [5.41, 5.74) is 0. The van der Waals surface area contributed by atoms with Gasteiger partial charge in [0.15, 0.2) is 0 Å². The standard InChI is InChI=1S/C12H16N2O4.2C2H6/c1-9(15)4-2-3-7-13-10(16)8-14-11(17)5-6-12(14)18;2*1-2/h5-6H,2-4,7-8H2,1H3,(H,13,16);2*1-2H3. The Morgan fingerprint density at radius 2 is 1.50 bits per heavy atom. The molecular formula is C16H28N2O4. The van der Waals surface area contributed by atoms with Gasteiger partial charge in [-0.15, -0.1) is 0 Å². The van der Waals surface area contributed by atoms with Crippen molar-refractivity contribution in [3.05, 3.63) is 12.2 Å². The summed E-state index contributed by atoms with van der Waals surface area (Å²) in [6.45, 7) is 9.71. The Morgan fingerprint density at radius 3 is 1.95 bits per heavy atom. The van der Waals surface area contributed by atoms with Gasteiger partial charge in [0.25, 0.3) is 11.8 Å². The quantitative estimate of drug-likeness (QED) is 0.574. The van der Waals surface area contributed by atoms with Crippen LogP contribution in [0.25, 0.3) is 0 Å². The fourth-order valence-corrected chi connectivity index (χ4v) is 1.51. The van der Waals surface area contributed by atoms with Gasteiger partial charge in [0, 0.05) is 25.1 Å². The van der Waals surface area contributed by atoms with Crippen LogP contribution < -0.4 is 5.32 Å². The molecule has 0 bridgehead atoms. The molecule has 0 unspecified atom stereocenters. The van der Waals surface area contributed by atoms with Crippen LogP contribution in [0.1, 0.15) is 53.9 Å². The zero-order chi connectivity index (χ0) is 17.5. The number of carbonyl (C=O) groups is 4. The van der Waals surface area contributed by atoms with Gasteiger partial charge in [-0.2, -0.15) is 0 Å². The van der Waals surface area contributed by atoms with Crippen LogP contribution in [-0.2, 0) is 19.2 Å². The summed E-state index contributed by atoms with van der Waals surface area (Å²) < 4.78 is 0. The van der Waals surface area contributed by atoms with Gasteiger partial charge in [-0.05, 0) is 19.8 Å². The van der Waals surface area contributed by atoms with E-state index in [1.165, 1.54) is 6.92 Å². The van der Waals surface area contributed by atoms with Crippen molar-refractivity contribution >= 4 is 23.5 Å². The molecule has 6 heteroatoms. The van der Waals surface area contributed by atoms with Gasteiger partial charge in [0.05, 0.1) is 0 Å². The molecule has 22 heavy (non-hydrogen) atoms. The Morgan fingerprint density at radius 1 is 1.00 bits per heavy atom. The molecule has 1 N–H and O–H groups in total. The molecule has 0 aromatic heterocycles. The lowest BCUT2D eigenvalue weighted by molar-refractivity contribution is -0.141. The lowest BCUT2D eigenvalue weighted by Gasteiger charge is -2.13. The highest BCUT2D eigenvalue weighted by Crippen LogP contribution is 2.02. The molecule has 0 aromatic carbocycles. The number of Topliss-reactive ketones (excluding diaryl/α,β-unsaturated/α-hetero) is 1. The van der Waals surface area contributed by atoms with E-state index in [2.05, 4.69) is 5.32 Å². The van der Waals surface area contributed by atoms with E-state index in [-0.39, 0.29) is 18.2 Å². The number of unbranched alkanes of at least 4 members (excludes halogenated alkanes) is 1. The molecule has 126 valence electrons. The average Bonchev–Trinajstić information content (AvgIpc) is 2.82. The van der Waals surface area contributed by atoms with Crippen LogP contribution >= 0.6 is 0 Å². The van der Waals surface area contributed by atoms with Gasteiger partial charge in [-0.1, -0.05) is 27.7 Å². The Balaban J connectivity index is 0. The van der Waals surface area contributed by atoms with Crippen LogP contribution in [0.5, 0.6) is 0 Å². The maximum Gasteiger partial charge on any atom is 0.254 e. The van der Waals surface area contributed by atoms with Gasteiger partial charge in [0.1, 0.15) is 12.3 Å². The van der Waals surface area contributed by atoms with Gasteiger partial charge < -0.3 is 10.1 Å². The minimum atomic E-state index is -0.466.